The predicted molar refractivity (Wildman–Crippen MR) is 52.2 cm³/mol. The van der Waals surface area contributed by atoms with Crippen LogP contribution in [-0.2, 0) is 4.79 Å². The first kappa shape index (κ1) is 11.3. The molecule has 4 heteroatoms. The maximum Gasteiger partial charge on any atom is 0.250 e. The summed E-state index contributed by atoms with van der Waals surface area (Å²) in [4.78, 5) is 10.7. The van der Waals surface area contributed by atoms with Crippen molar-refractivity contribution in [2.24, 2.45) is 0 Å². The fraction of sp³-hybridized carbons (Fsp3) is 0.571. The van der Waals surface area contributed by atoms with Gasteiger partial charge >= 0.3 is 0 Å². The highest BCUT2D eigenvalue weighted by Gasteiger charge is 2.08. The Kier molecular flexibility index (Phi) is 6.11. The average Bonchev–Trinajstić information content (AvgIpc) is 1.88. The molecule has 0 saturated carbocycles. The molecule has 11 heavy (non-hydrogen) atoms. The molecule has 64 valence electrons. The predicted octanol–water partition coefficient (Wildman–Crippen LogP) is 3.37. The van der Waals surface area contributed by atoms with E-state index in [2.05, 4.69) is 0 Å². The van der Waals surface area contributed by atoms with E-state index >= 15 is 0 Å². The lowest BCUT2D eigenvalue weighted by Gasteiger charge is -2.00. The topological polar surface area (TPSA) is 17.1 Å². The molecule has 0 aliphatic carbocycles. The Balaban J connectivity index is 4.40. The highest BCUT2D eigenvalue weighted by Crippen LogP contribution is 2.26. The summed E-state index contributed by atoms with van der Waals surface area (Å²) in [6.07, 6.45) is 0.591. The molecule has 0 aliphatic rings. The Labute approximate surface area is 81.1 Å². The molecule has 0 aromatic rings. The minimum Gasteiger partial charge on any atom is -0.276 e. The van der Waals surface area contributed by atoms with Crippen molar-refractivity contribution in [2.75, 3.05) is 5.75 Å². The van der Waals surface area contributed by atoms with Gasteiger partial charge in [-0.15, -0.1) is 11.8 Å². The second-order valence-corrected chi connectivity index (χ2v) is 4.03. The number of hydrogen-bond donors (Lipinski definition) is 0. The van der Waals surface area contributed by atoms with E-state index in [1.165, 1.54) is 11.8 Å². The van der Waals surface area contributed by atoms with Crippen LogP contribution in [-0.4, -0.2) is 11.0 Å². The van der Waals surface area contributed by atoms with E-state index in [-0.39, 0.29) is 0 Å². The fourth-order valence-electron chi connectivity index (χ4n) is 0.569. The summed E-state index contributed by atoms with van der Waals surface area (Å²) < 4.78 is 0.523. The molecule has 0 spiro atoms. The van der Waals surface area contributed by atoms with Crippen molar-refractivity contribution >= 4 is 40.2 Å². The number of carbonyl (C=O) groups is 1. The quantitative estimate of drug-likeness (QED) is 0.526. The lowest BCUT2D eigenvalue weighted by atomic mass is 10.3. The molecule has 0 bridgehead atoms. The smallest absolute Gasteiger partial charge is 0.250 e. The molecular formula is C7H10Cl2OS. The monoisotopic (exact) mass is 212 g/mol. The van der Waals surface area contributed by atoms with Gasteiger partial charge < -0.3 is 0 Å². The van der Waals surface area contributed by atoms with Gasteiger partial charge in [-0.2, -0.15) is 0 Å². The molecule has 0 fully saturated rings. The zero-order valence-corrected chi connectivity index (χ0v) is 8.81. The molecule has 0 unspecified atom stereocenters. The largest absolute Gasteiger partial charge is 0.276 e. The molecule has 0 amide bonds. The van der Waals surface area contributed by atoms with Crippen molar-refractivity contribution in [3.63, 3.8) is 0 Å². The van der Waals surface area contributed by atoms with Gasteiger partial charge in [-0.1, -0.05) is 25.4 Å². The van der Waals surface area contributed by atoms with Crippen LogP contribution >= 0.6 is 35.0 Å². The summed E-state index contributed by atoms with van der Waals surface area (Å²) in [5, 5.41) is -0.446. The van der Waals surface area contributed by atoms with Crippen LogP contribution in [0.4, 0.5) is 0 Å². The molecule has 0 atom stereocenters. The standard InChI is InChI=1S/C7H10Cl2OS/c1-3-5(6(8)10)7(9)11-4-2/h3-4H2,1-2H3/b7-5+. The third-order valence-corrected chi connectivity index (χ3v) is 2.67. The maximum atomic E-state index is 10.7. The molecule has 0 rings (SSSR count). The van der Waals surface area contributed by atoms with Crippen LogP contribution in [0.15, 0.2) is 9.94 Å². The number of halogens is 2. The Morgan fingerprint density at radius 3 is 2.18 bits per heavy atom. The van der Waals surface area contributed by atoms with Gasteiger partial charge in [0.05, 0.1) is 4.36 Å². The second-order valence-electron chi connectivity index (χ2n) is 1.81. The van der Waals surface area contributed by atoms with Gasteiger partial charge in [0.2, 0.25) is 5.24 Å². The van der Waals surface area contributed by atoms with Gasteiger partial charge in [-0.05, 0) is 23.8 Å². The molecule has 0 aromatic heterocycles. The van der Waals surface area contributed by atoms with Crippen molar-refractivity contribution < 1.29 is 4.79 Å². The van der Waals surface area contributed by atoms with Gasteiger partial charge in [0.25, 0.3) is 0 Å². The van der Waals surface area contributed by atoms with Gasteiger partial charge in [-0.25, -0.2) is 0 Å². The summed E-state index contributed by atoms with van der Waals surface area (Å²) in [5.74, 6) is 0.854. The van der Waals surface area contributed by atoms with E-state index in [0.717, 1.165) is 5.75 Å². The number of carbonyl (C=O) groups excluding carboxylic acids is 1. The Morgan fingerprint density at radius 2 is 1.91 bits per heavy atom. The third kappa shape index (κ3) is 4.04. The van der Waals surface area contributed by atoms with Crippen LogP contribution in [0.25, 0.3) is 0 Å². The van der Waals surface area contributed by atoms with Crippen molar-refractivity contribution in [1.82, 2.24) is 0 Å². The van der Waals surface area contributed by atoms with Crippen molar-refractivity contribution in [2.45, 2.75) is 20.3 Å². The lowest BCUT2D eigenvalue weighted by Crippen LogP contribution is -1.93. The SMILES string of the molecule is CCS/C(Cl)=C(\CC)C(=O)Cl. The lowest BCUT2D eigenvalue weighted by molar-refractivity contribution is -0.108. The van der Waals surface area contributed by atoms with Gasteiger partial charge in [0.1, 0.15) is 0 Å². The Morgan fingerprint density at radius 1 is 1.36 bits per heavy atom. The molecule has 1 nitrogen and oxygen atoms in total. The molecule has 0 heterocycles. The number of hydrogen-bond acceptors (Lipinski definition) is 2. The van der Waals surface area contributed by atoms with E-state index in [4.69, 9.17) is 23.2 Å². The molecule has 0 radical (unpaired) electrons. The van der Waals surface area contributed by atoms with Crippen molar-refractivity contribution in [3.8, 4) is 0 Å². The molecule has 0 aromatic carbocycles. The van der Waals surface area contributed by atoms with Crippen LogP contribution in [0, 0.1) is 0 Å². The minimum absolute atomic E-state index is 0.446. The first-order valence-electron chi connectivity index (χ1n) is 3.34. The Hall–Kier alpha value is 0.340. The number of rotatable bonds is 4. The van der Waals surface area contributed by atoms with Gasteiger partial charge in [-0.3, -0.25) is 4.79 Å². The fourth-order valence-corrected chi connectivity index (χ4v) is 2.11. The zero-order valence-electron chi connectivity index (χ0n) is 6.49. The van der Waals surface area contributed by atoms with Crippen molar-refractivity contribution in [1.29, 1.82) is 0 Å². The summed E-state index contributed by atoms with van der Waals surface area (Å²) in [7, 11) is 0. The highest BCUT2D eigenvalue weighted by atomic mass is 35.5. The summed E-state index contributed by atoms with van der Waals surface area (Å²) in [5.41, 5.74) is 0.514. The normalized spacial score (nSPS) is 12.7. The van der Waals surface area contributed by atoms with Crippen LogP contribution < -0.4 is 0 Å². The number of thioether (sulfide) groups is 1. The van der Waals surface area contributed by atoms with Gasteiger partial charge in [0, 0.05) is 5.57 Å². The van der Waals surface area contributed by atoms with Crippen molar-refractivity contribution in [3.05, 3.63) is 9.94 Å². The molecule has 0 aliphatic heterocycles. The van der Waals surface area contributed by atoms with Crippen LogP contribution in [0.5, 0.6) is 0 Å². The van der Waals surface area contributed by atoms with E-state index in [1.54, 1.807) is 0 Å². The van der Waals surface area contributed by atoms with Crippen LogP contribution in [0.1, 0.15) is 20.3 Å². The molecule has 0 saturated heterocycles. The average molecular weight is 213 g/mol. The second kappa shape index (κ2) is 5.92. The third-order valence-electron chi connectivity index (χ3n) is 1.10. The summed E-state index contributed by atoms with van der Waals surface area (Å²) in [6, 6.07) is 0. The molecular weight excluding hydrogens is 203 g/mol. The van der Waals surface area contributed by atoms with Crippen LogP contribution in [0.2, 0.25) is 0 Å². The number of allylic oxidation sites excluding steroid dienone is 1. The first-order valence-corrected chi connectivity index (χ1v) is 5.08. The van der Waals surface area contributed by atoms with Crippen LogP contribution in [0.3, 0.4) is 0 Å². The minimum atomic E-state index is -0.446. The summed E-state index contributed by atoms with van der Waals surface area (Å²) in [6.45, 7) is 3.83. The summed E-state index contributed by atoms with van der Waals surface area (Å²) >= 11 is 12.5. The molecule has 0 N–H and O–H groups in total. The van der Waals surface area contributed by atoms with E-state index in [9.17, 15) is 4.79 Å². The van der Waals surface area contributed by atoms with Gasteiger partial charge in [0.15, 0.2) is 0 Å². The zero-order chi connectivity index (χ0) is 8.85. The first-order chi connectivity index (χ1) is 5.13. The maximum absolute atomic E-state index is 10.7. The van der Waals surface area contributed by atoms with E-state index in [1.807, 2.05) is 13.8 Å². The van der Waals surface area contributed by atoms with E-state index < -0.39 is 5.24 Å². The Bertz CT molecular complexity index is 177. The highest BCUT2D eigenvalue weighted by molar-refractivity contribution is 8.04. The van der Waals surface area contributed by atoms with E-state index in [0.29, 0.717) is 16.4 Å².